The van der Waals surface area contributed by atoms with Crippen LogP contribution in [0.3, 0.4) is 0 Å². The van der Waals surface area contributed by atoms with E-state index in [2.05, 4.69) is 15.0 Å². The van der Waals surface area contributed by atoms with E-state index in [9.17, 15) is 0 Å². The first kappa shape index (κ1) is 12.6. The molecule has 0 aliphatic rings. The Morgan fingerprint density at radius 1 is 0.900 bits per heavy atom. The van der Waals surface area contributed by atoms with Gasteiger partial charge in [-0.1, -0.05) is 23.7 Å². The van der Waals surface area contributed by atoms with Crippen molar-refractivity contribution in [2.24, 2.45) is 0 Å². The molecule has 1 aromatic carbocycles. The molecule has 0 fully saturated rings. The van der Waals surface area contributed by atoms with Crippen LogP contribution in [0.1, 0.15) is 0 Å². The predicted molar refractivity (Wildman–Crippen MR) is 80.1 cm³/mol. The first-order valence-corrected chi connectivity index (χ1v) is 6.41. The standard InChI is InChI=1S/C15H11ClN4/c16-12-3-1-10(2-4-12)13-9-19-15(17)20-14(13)11-5-7-18-8-6-11/h1-9H,(H2,17,19,20). The third-order valence-corrected chi connectivity index (χ3v) is 3.17. The highest BCUT2D eigenvalue weighted by Gasteiger charge is 2.10. The lowest BCUT2D eigenvalue weighted by atomic mass is 10.0. The fourth-order valence-corrected chi connectivity index (χ4v) is 2.09. The van der Waals surface area contributed by atoms with E-state index < -0.39 is 0 Å². The monoisotopic (exact) mass is 282 g/mol. The average Bonchev–Trinajstić information content (AvgIpc) is 2.49. The molecular weight excluding hydrogens is 272 g/mol. The van der Waals surface area contributed by atoms with Crippen LogP contribution in [0.5, 0.6) is 0 Å². The summed E-state index contributed by atoms with van der Waals surface area (Å²) in [6.07, 6.45) is 5.17. The van der Waals surface area contributed by atoms with E-state index in [0.29, 0.717) is 5.02 Å². The van der Waals surface area contributed by atoms with Crippen molar-refractivity contribution in [3.63, 3.8) is 0 Å². The maximum absolute atomic E-state index is 5.92. The zero-order valence-corrected chi connectivity index (χ0v) is 11.2. The van der Waals surface area contributed by atoms with Crippen molar-refractivity contribution in [1.82, 2.24) is 15.0 Å². The lowest BCUT2D eigenvalue weighted by Gasteiger charge is -2.09. The molecule has 5 heteroatoms. The van der Waals surface area contributed by atoms with E-state index in [4.69, 9.17) is 17.3 Å². The second kappa shape index (κ2) is 5.27. The number of anilines is 1. The maximum Gasteiger partial charge on any atom is 0.220 e. The number of hydrogen-bond donors (Lipinski definition) is 1. The van der Waals surface area contributed by atoms with Crippen LogP contribution in [0.4, 0.5) is 5.95 Å². The Labute approximate surface area is 121 Å². The fraction of sp³-hybridized carbons (Fsp3) is 0. The Balaban J connectivity index is 2.19. The molecule has 0 bridgehead atoms. The van der Waals surface area contributed by atoms with Gasteiger partial charge in [-0.25, -0.2) is 9.97 Å². The summed E-state index contributed by atoms with van der Waals surface area (Å²) in [5, 5.41) is 0.690. The van der Waals surface area contributed by atoms with Crippen LogP contribution in [-0.4, -0.2) is 15.0 Å². The van der Waals surface area contributed by atoms with Crippen molar-refractivity contribution in [2.45, 2.75) is 0 Å². The number of pyridine rings is 1. The van der Waals surface area contributed by atoms with Crippen LogP contribution in [0.2, 0.25) is 5.02 Å². The van der Waals surface area contributed by atoms with E-state index in [0.717, 1.165) is 22.4 Å². The van der Waals surface area contributed by atoms with Crippen molar-refractivity contribution in [2.75, 3.05) is 5.73 Å². The minimum atomic E-state index is 0.245. The van der Waals surface area contributed by atoms with Gasteiger partial charge in [0, 0.05) is 34.7 Å². The summed E-state index contributed by atoms with van der Waals surface area (Å²) in [7, 11) is 0. The molecule has 0 radical (unpaired) electrons. The highest BCUT2D eigenvalue weighted by molar-refractivity contribution is 6.30. The van der Waals surface area contributed by atoms with E-state index >= 15 is 0 Å². The third kappa shape index (κ3) is 2.46. The second-order valence-electron chi connectivity index (χ2n) is 4.23. The SMILES string of the molecule is Nc1ncc(-c2ccc(Cl)cc2)c(-c2ccncc2)n1. The van der Waals surface area contributed by atoms with Gasteiger partial charge in [-0.15, -0.1) is 0 Å². The normalized spacial score (nSPS) is 10.4. The van der Waals surface area contributed by atoms with Crippen molar-refractivity contribution in [3.05, 3.63) is 60.0 Å². The Kier molecular flexibility index (Phi) is 3.31. The summed E-state index contributed by atoms with van der Waals surface area (Å²) < 4.78 is 0. The van der Waals surface area contributed by atoms with Gasteiger partial charge < -0.3 is 5.73 Å². The molecule has 0 saturated carbocycles. The summed E-state index contributed by atoms with van der Waals surface area (Å²) in [5.41, 5.74) is 9.32. The van der Waals surface area contributed by atoms with Gasteiger partial charge >= 0.3 is 0 Å². The summed E-state index contributed by atoms with van der Waals surface area (Å²) in [5.74, 6) is 0.245. The van der Waals surface area contributed by atoms with E-state index in [1.807, 2.05) is 36.4 Å². The molecule has 0 atom stereocenters. The van der Waals surface area contributed by atoms with Gasteiger partial charge in [0.15, 0.2) is 0 Å². The van der Waals surface area contributed by atoms with Crippen molar-refractivity contribution >= 4 is 17.5 Å². The minimum Gasteiger partial charge on any atom is -0.368 e. The van der Waals surface area contributed by atoms with Gasteiger partial charge in [0.2, 0.25) is 5.95 Å². The zero-order valence-electron chi connectivity index (χ0n) is 10.5. The largest absolute Gasteiger partial charge is 0.368 e. The number of nitrogens with zero attached hydrogens (tertiary/aromatic N) is 3. The molecule has 0 aliphatic heterocycles. The molecule has 2 aromatic heterocycles. The molecule has 0 unspecified atom stereocenters. The van der Waals surface area contributed by atoms with Crippen molar-refractivity contribution in [3.8, 4) is 22.4 Å². The molecule has 0 spiro atoms. The van der Waals surface area contributed by atoms with Gasteiger partial charge in [-0.05, 0) is 29.8 Å². The number of halogens is 1. The molecule has 3 rings (SSSR count). The van der Waals surface area contributed by atoms with Gasteiger partial charge in [-0.3, -0.25) is 4.98 Å². The first-order valence-electron chi connectivity index (χ1n) is 6.03. The molecule has 0 saturated heterocycles. The molecule has 3 aromatic rings. The summed E-state index contributed by atoms with van der Waals surface area (Å²) >= 11 is 5.92. The first-order chi connectivity index (χ1) is 9.74. The Hall–Kier alpha value is -2.46. The predicted octanol–water partition coefficient (Wildman–Crippen LogP) is 3.44. The molecule has 2 N–H and O–H groups in total. The van der Waals surface area contributed by atoms with Crippen LogP contribution in [0.15, 0.2) is 55.0 Å². The Morgan fingerprint density at radius 2 is 1.60 bits per heavy atom. The number of benzene rings is 1. The summed E-state index contributed by atoms with van der Waals surface area (Å²) in [4.78, 5) is 12.4. The highest BCUT2D eigenvalue weighted by Crippen LogP contribution is 2.30. The van der Waals surface area contributed by atoms with Crippen LogP contribution in [0.25, 0.3) is 22.4 Å². The highest BCUT2D eigenvalue weighted by atomic mass is 35.5. The zero-order chi connectivity index (χ0) is 13.9. The second-order valence-corrected chi connectivity index (χ2v) is 4.67. The van der Waals surface area contributed by atoms with Crippen molar-refractivity contribution in [1.29, 1.82) is 0 Å². The number of nitrogen functional groups attached to an aromatic ring is 1. The average molecular weight is 283 g/mol. The lowest BCUT2D eigenvalue weighted by molar-refractivity contribution is 1.19. The molecule has 2 heterocycles. The Bertz CT molecular complexity index is 727. The minimum absolute atomic E-state index is 0.245. The molecule has 0 aliphatic carbocycles. The molecule has 0 amide bonds. The number of nitrogens with two attached hydrogens (primary N) is 1. The number of aromatic nitrogens is 3. The quantitative estimate of drug-likeness (QED) is 0.782. The molecule has 98 valence electrons. The van der Waals surface area contributed by atoms with E-state index in [-0.39, 0.29) is 5.95 Å². The smallest absolute Gasteiger partial charge is 0.220 e. The van der Waals surface area contributed by atoms with E-state index in [1.54, 1.807) is 18.6 Å². The van der Waals surface area contributed by atoms with Crippen LogP contribution >= 0.6 is 11.6 Å². The van der Waals surface area contributed by atoms with Gasteiger partial charge in [-0.2, -0.15) is 0 Å². The van der Waals surface area contributed by atoms with Gasteiger partial charge in [0.05, 0.1) is 5.69 Å². The van der Waals surface area contributed by atoms with Gasteiger partial charge in [0.25, 0.3) is 0 Å². The molecule has 20 heavy (non-hydrogen) atoms. The molecular formula is C15H11ClN4. The van der Waals surface area contributed by atoms with E-state index in [1.165, 1.54) is 0 Å². The number of hydrogen-bond acceptors (Lipinski definition) is 4. The number of rotatable bonds is 2. The van der Waals surface area contributed by atoms with Gasteiger partial charge in [0.1, 0.15) is 0 Å². The van der Waals surface area contributed by atoms with Crippen LogP contribution in [-0.2, 0) is 0 Å². The summed E-state index contributed by atoms with van der Waals surface area (Å²) in [6, 6.07) is 11.3. The van der Waals surface area contributed by atoms with Crippen LogP contribution < -0.4 is 5.73 Å². The maximum atomic E-state index is 5.92. The third-order valence-electron chi connectivity index (χ3n) is 2.92. The van der Waals surface area contributed by atoms with Crippen molar-refractivity contribution < 1.29 is 0 Å². The summed E-state index contributed by atoms with van der Waals surface area (Å²) in [6.45, 7) is 0. The Morgan fingerprint density at radius 3 is 2.30 bits per heavy atom. The molecule has 4 nitrogen and oxygen atoms in total. The topological polar surface area (TPSA) is 64.7 Å². The fourth-order valence-electron chi connectivity index (χ4n) is 1.97. The lowest BCUT2D eigenvalue weighted by Crippen LogP contribution is -1.98. The van der Waals surface area contributed by atoms with Crippen LogP contribution in [0, 0.1) is 0 Å².